The maximum Gasteiger partial charge on any atom is 0.387 e. The van der Waals surface area contributed by atoms with Crippen LogP contribution < -0.4 is 10.1 Å². The zero-order valence-corrected chi connectivity index (χ0v) is 11.9. The third kappa shape index (κ3) is 3.84. The average Bonchev–Trinajstić information content (AvgIpc) is 2.41. The van der Waals surface area contributed by atoms with Crippen LogP contribution in [0.4, 0.5) is 14.5 Å². The Labute approximate surface area is 123 Å². The quantitative estimate of drug-likeness (QED) is 0.846. The standard InChI is InChI=1S/C14H12BrF2NO2/c15-10-5-6-12(19)9(7-10)8-18-11-3-1-2-4-13(11)20-14(16)17/h1-7,14,18-19H,8H2. The number of phenolic OH excluding ortho intramolecular Hbond substituents is 1. The SMILES string of the molecule is Oc1ccc(Br)cc1CNc1ccccc1OC(F)F. The molecular formula is C14H12BrF2NO2. The van der Waals surface area contributed by atoms with Crippen LogP contribution in [0.3, 0.4) is 0 Å². The first kappa shape index (κ1) is 14.6. The Kier molecular flexibility index (Phi) is 4.79. The third-order valence-corrected chi connectivity index (χ3v) is 3.11. The van der Waals surface area contributed by atoms with Crippen LogP contribution in [0.15, 0.2) is 46.9 Å². The molecule has 0 amide bonds. The van der Waals surface area contributed by atoms with Crippen molar-refractivity contribution in [3.63, 3.8) is 0 Å². The number of benzene rings is 2. The van der Waals surface area contributed by atoms with Gasteiger partial charge in [0.2, 0.25) is 0 Å². The topological polar surface area (TPSA) is 41.5 Å². The average molecular weight is 344 g/mol. The summed E-state index contributed by atoms with van der Waals surface area (Å²) in [4.78, 5) is 0. The van der Waals surface area contributed by atoms with E-state index in [1.165, 1.54) is 6.07 Å². The van der Waals surface area contributed by atoms with Crippen molar-refractivity contribution in [1.82, 2.24) is 0 Å². The van der Waals surface area contributed by atoms with E-state index in [1.54, 1.807) is 36.4 Å². The Morgan fingerprint density at radius 3 is 2.70 bits per heavy atom. The lowest BCUT2D eigenvalue weighted by atomic mass is 10.2. The molecule has 0 saturated carbocycles. The van der Waals surface area contributed by atoms with Crippen LogP contribution in [-0.4, -0.2) is 11.7 Å². The first-order valence-electron chi connectivity index (χ1n) is 5.81. The molecule has 0 aromatic heterocycles. The highest BCUT2D eigenvalue weighted by Crippen LogP contribution is 2.28. The molecule has 0 saturated heterocycles. The molecule has 0 aliphatic rings. The summed E-state index contributed by atoms with van der Waals surface area (Å²) in [6.07, 6.45) is 0. The molecule has 0 radical (unpaired) electrons. The number of rotatable bonds is 5. The van der Waals surface area contributed by atoms with Crippen LogP contribution in [0.5, 0.6) is 11.5 Å². The number of phenols is 1. The van der Waals surface area contributed by atoms with Crippen molar-refractivity contribution in [2.75, 3.05) is 5.32 Å². The predicted octanol–water partition coefficient (Wildman–Crippen LogP) is 4.37. The van der Waals surface area contributed by atoms with Gasteiger partial charge in [0.1, 0.15) is 11.5 Å². The maximum absolute atomic E-state index is 12.3. The van der Waals surface area contributed by atoms with Crippen LogP contribution in [0, 0.1) is 0 Å². The van der Waals surface area contributed by atoms with E-state index < -0.39 is 6.61 Å². The molecular weight excluding hydrogens is 332 g/mol. The molecule has 0 aliphatic heterocycles. The summed E-state index contributed by atoms with van der Waals surface area (Å²) in [6.45, 7) is -2.59. The number of halogens is 3. The molecule has 0 atom stereocenters. The fourth-order valence-electron chi connectivity index (χ4n) is 1.70. The normalized spacial score (nSPS) is 10.6. The van der Waals surface area contributed by atoms with Crippen molar-refractivity contribution in [1.29, 1.82) is 0 Å². The molecule has 0 fully saturated rings. The van der Waals surface area contributed by atoms with E-state index in [2.05, 4.69) is 26.0 Å². The molecule has 2 rings (SSSR count). The zero-order valence-electron chi connectivity index (χ0n) is 10.3. The number of para-hydroxylation sites is 2. The second kappa shape index (κ2) is 6.56. The number of alkyl halides is 2. The van der Waals surface area contributed by atoms with Gasteiger partial charge in [-0.2, -0.15) is 8.78 Å². The number of ether oxygens (including phenoxy) is 1. The number of nitrogens with one attached hydrogen (secondary N) is 1. The molecule has 3 nitrogen and oxygen atoms in total. The number of hydrogen-bond acceptors (Lipinski definition) is 3. The Morgan fingerprint density at radius 2 is 1.95 bits per heavy atom. The summed E-state index contributed by atoms with van der Waals surface area (Å²) in [5.41, 5.74) is 1.08. The smallest absolute Gasteiger partial charge is 0.387 e. The Morgan fingerprint density at radius 1 is 1.20 bits per heavy atom. The van der Waals surface area contributed by atoms with Crippen molar-refractivity contribution >= 4 is 21.6 Å². The minimum atomic E-state index is -2.88. The largest absolute Gasteiger partial charge is 0.508 e. The van der Waals surface area contributed by atoms with Crippen molar-refractivity contribution < 1.29 is 18.6 Å². The van der Waals surface area contributed by atoms with E-state index in [9.17, 15) is 13.9 Å². The molecule has 2 aromatic rings. The highest BCUT2D eigenvalue weighted by molar-refractivity contribution is 9.10. The van der Waals surface area contributed by atoms with E-state index in [4.69, 9.17) is 0 Å². The van der Waals surface area contributed by atoms with Gasteiger partial charge in [0.25, 0.3) is 0 Å². The van der Waals surface area contributed by atoms with Gasteiger partial charge in [-0.15, -0.1) is 0 Å². The first-order valence-corrected chi connectivity index (χ1v) is 6.60. The Hall–Kier alpha value is -1.82. The maximum atomic E-state index is 12.3. The van der Waals surface area contributed by atoms with Gasteiger partial charge in [-0.05, 0) is 30.3 Å². The van der Waals surface area contributed by atoms with Crippen LogP contribution in [0.25, 0.3) is 0 Å². The monoisotopic (exact) mass is 343 g/mol. The number of hydrogen-bond donors (Lipinski definition) is 2. The molecule has 0 unspecified atom stereocenters. The minimum Gasteiger partial charge on any atom is -0.508 e. The van der Waals surface area contributed by atoms with Gasteiger partial charge in [-0.3, -0.25) is 0 Å². The molecule has 0 aliphatic carbocycles. The fraction of sp³-hybridized carbons (Fsp3) is 0.143. The van der Waals surface area contributed by atoms with Crippen molar-refractivity contribution in [3.8, 4) is 11.5 Å². The van der Waals surface area contributed by atoms with Crippen LogP contribution in [0.2, 0.25) is 0 Å². The van der Waals surface area contributed by atoms with E-state index in [1.807, 2.05) is 0 Å². The highest BCUT2D eigenvalue weighted by Gasteiger charge is 2.09. The van der Waals surface area contributed by atoms with Gasteiger partial charge in [0.05, 0.1) is 5.69 Å². The summed E-state index contributed by atoms with van der Waals surface area (Å²) in [5.74, 6) is 0.199. The molecule has 0 bridgehead atoms. The van der Waals surface area contributed by atoms with E-state index in [0.717, 1.165) is 4.47 Å². The summed E-state index contributed by atoms with van der Waals surface area (Å²) < 4.78 is 29.8. The summed E-state index contributed by atoms with van der Waals surface area (Å²) in [7, 11) is 0. The zero-order chi connectivity index (χ0) is 14.5. The molecule has 2 aromatic carbocycles. The second-order valence-electron chi connectivity index (χ2n) is 4.00. The Bertz CT molecular complexity index is 593. The lowest BCUT2D eigenvalue weighted by Gasteiger charge is -2.13. The highest BCUT2D eigenvalue weighted by atomic mass is 79.9. The van der Waals surface area contributed by atoms with E-state index in [0.29, 0.717) is 11.3 Å². The lowest BCUT2D eigenvalue weighted by Crippen LogP contribution is -2.06. The van der Waals surface area contributed by atoms with E-state index in [-0.39, 0.29) is 18.0 Å². The molecule has 106 valence electrons. The summed E-state index contributed by atoms with van der Waals surface area (Å²) >= 11 is 3.31. The summed E-state index contributed by atoms with van der Waals surface area (Å²) in [5, 5.41) is 12.7. The van der Waals surface area contributed by atoms with Crippen molar-refractivity contribution in [2.24, 2.45) is 0 Å². The van der Waals surface area contributed by atoms with Crippen LogP contribution in [-0.2, 0) is 6.54 Å². The number of anilines is 1. The first-order chi connectivity index (χ1) is 9.56. The second-order valence-corrected chi connectivity index (χ2v) is 4.92. The predicted molar refractivity (Wildman–Crippen MR) is 76.2 cm³/mol. The van der Waals surface area contributed by atoms with Gasteiger partial charge in [0, 0.05) is 16.6 Å². The molecule has 20 heavy (non-hydrogen) atoms. The van der Waals surface area contributed by atoms with Gasteiger partial charge in [-0.1, -0.05) is 28.1 Å². The minimum absolute atomic E-state index is 0.0667. The van der Waals surface area contributed by atoms with Gasteiger partial charge < -0.3 is 15.2 Å². The Balaban J connectivity index is 2.12. The molecule has 2 N–H and O–H groups in total. The van der Waals surface area contributed by atoms with Crippen molar-refractivity contribution in [3.05, 3.63) is 52.5 Å². The van der Waals surface area contributed by atoms with Gasteiger partial charge in [0.15, 0.2) is 0 Å². The van der Waals surface area contributed by atoms with Crippen LogP contribution >= 0.6 is 15.9 Å². The third-order valence-electron chi connectivity index (χ3n) is 2.61. The molecule has 0 heterocycles. The van der Waals surface area contributed by atoms with Gasteiger partial charge in [-0.25, -0.2) is 0 Å². The summed E-state index contributed by atoms with van der Waals surface area (Å²) in [6, 6.07) is 11.4. The fourth-order valence-corrected chi connectivity index (χ4v) is 2.11. The molecule has 6 heteroatoms. The van der Waals surface area contributed by atoms with E-state index >= 15 is 0 Å². The number of aromatic hydroxyl groups is 1. The van der Waals surface area contributed by atoms with Gasteiger partial charge >= 0.3 is 6.61 Å². The lowest BCUT2D eigenvalue weighted by molar-refractivity contribution is -0.0493. The van der Waals surface area contributed by atoms with Crippen molar-refractivity contribution in [2.45, 2.75) is 13.2 Å². The molecule has 0 spiro atoms. The van der Waals surface area contributed by atoms with Crippen LogP contribution in [0.1, 0.15) is 5.56 Å².